The Labute approximate surface area is 115 Å². The number of aromatic nitrogens is 5. The van der Waals surface area contributed by atoms with Gasteiger partial charge < -0.3 is 10.4 Å². The minimum Gasteiger partial charge on any atom is -0.394 e. The molecule has 0 unspecified atom stereocenters. The number of hydrogen-bond acceptors (Lipinski definition) is 8. The lowest BCUT2D eigenvalue weighted by atomic mass is 9.77. The first-order valence-electron chi connectivity index (χ1n) is 6.36. The Morgan fingerprint density at radius 2 is 2.10 bits per heavy atom. The molecule has 3 rings (SSSR count). The van der Waals surface area contributed by atoms with E-state index in [1.165, 1.54) is 4.68 Å². The minimum absolute atomic E-state index is 0.0428. The van der Waals surface area contributed by atoms with E-state index in [1.54, 1.807) is 18.5 Å². The summed E-state index contributed by atoms with van der Waals surface area (Å²) in [5.74, 6) is 6.33. The fraction of sp³-hybridized carbons (Fsp3) is 0.455. The van der Waals surface area contributed by atoms with E-state index in [2.05, 4.69) is 30.8 Å². The van der Waals surface area contributed by atoms with E-state index in [4.69, 9.17) is 5.84 Å². The predicted molar refractivity (Wildman–Crippen MR) is 72.0 cm³/mol. The Balaban J connectivity index is 1.92. The number of nitrogens with zero attached hydrogens (tertiary/aromatic N) is 5. The van der Waals surface area contributed by atoms with Gasteiger partial charge in [0.2, 0.25) is 11.9 Å². The maximum absolute atomic E-state index is 9.49. The molecule has 9 nitrogen and oxygen atoms in total. The molecule has 0 aliphatic heterocycles. The van der Waals surface area contributed by atoms with Gasteiger partial charge in [0.25, 0.3) is 5.95 Å². The van der Waals surface area contributed by atoms with Gasteiger partial charge in [-0.15, -0.1) is 0 Å². The van der Waals surface area contributed by atoms with Crippen molar-refractivity contribution in [3.05, 3.63) is 18.5 Å². The molecule has 1 saturated carbocycles. The molecule has 1 fully saturated rings. The molecule has 0 atom stereocenters. The summed E-state index contributed by atoms with van der Waals surface area (Å²) in [7, 11) is 0. The van der Waals surface area contributed by atoms with Gasteiger partial charge in [0, 0.05) is 12.4 Å². The van der Waals surface area contributed by atoms with Crippen LogP contribution in [0.5, 0.6) is 0 Å². The summed E-state index contributed by atoms with van der Waals surface area (Å²) in [5, 5.41) is 16.7. The second kappa shape index (κ2) is 5.02. The Morgan fingerprint density at radius 1 is 1.30 bits per heavy atom. The summed E-state index contributed by atoms with van der Waals surface area (Å²) in [4.78, 5) is 12.6. The first kappa shape index (κ1) is 12.8. The van der Waals surface area contributed by atoms with Crippen LogP contribution in [0, 0.1) is 0 Å². The number of nitrogen functional groups attached to an aromatic ring is 1. The average molecular weight is 276 g/mol. The summed E-state index contributed by atoms with van der Waals surface area (Å²) < 4.78 is 1.51. The van der Waals surface area contributed by atoms with Gasteiger partial charge in [-0.3, -0.25) is 5.43 Å². The number of hydrazine groups is 1. The van der Waals surface area contributed by atoms with Crippen LogP contribution in [0.4, 0.5) is 11.9 Å². The Morgan fingerprint density at radius 3 is 2.65 bits per heavy atom. The largest absolute Gasteiger partial charge is 0.394 e. The molecule has 0 spiro atoms. The van der Waals surface area contributed by atoms with Gasteiger partial charge >= 0.3 is 0 Å². The Kier molecular flexibility index (Phi) is 3.20. The number of anilines is 2. The predicted octanol–water partition coefficient (Wildman–Crippen LogP) is -0.330. The third-order valence-electron chi connectivity index (χ3n) is 3.45. The standard InChI is InChI=1S/C11H16N8O/c12-18-9-14-8(17-11(7-20)3-1-4-11)15-10(16-9)19-6-2-5-13-19/h2,5-6,20H,1,3-4,7,12H2,(H2,14,15,16,17,18). The maximum atomic E-state index is 9.49. The van der Waals surface area contributed by atoms with Crippen LogP contribution in [0.1, 0.15) is 19.3 Å². The molecule has 1 aliphatic carbocycles. The number of nitrogens with one attached hydrogen (secondary N) is 2. The topological polar surface area (TPSA) is 127 Å². The van der Waals surface area contributed by atoms with Crippen molar-refractivity contribution < 1.29 is 5.11 Å². The molecule has 9 heteroatoms. The molecule has 2 aromatic rings. The second-order valence-electron chi connectivity index (χ2n) is 4.79. The van der Waals surface area contributed by atoms with Crippen molar-refractivity contribution in [3.8, 4) is 5.95 Å². The lowest BCUT2D eigenvalue weighted by molar-refractivity contribution is 0.143. The van der Waals surface area contributed by atoms with Gasteiger partial charge in [0.05, 0.1) is 12.1 Å². The maximum Gasteiger partial charge on any atom is 0.257 e. The van der Waals surface area contributed by atoms with Crippen LogP contribution >= 0.6 is 0 Å². The molecule has 106 valence electrons. The summed E-state index contributed by atoms with van der Waals surface area (Å²) >= 11 is 0. The normalized spacial score (nSPS) is 16.5. The zero-order valence-electron chi connectivity index (χ0n) is 10.8. The highest BCUT2D eigenvalue weighted by atomic mass is 16.3. The van der Waals surface area contributed by atoms with E-state index in [0.717, 1.165) is 19.3 Å². The molecule has 0 aromatic carbocycles. The van der Waals surface area contributed by atoms with Crippen molar-refractivity contribution in [3.63, 3.8) is 0 Å². The molecule has 0 bridgehead atoms. The van der Waals surface area contributed by atoms with Gasteiger partial charge in [-0.1, -0.05) is 0 Å². The van der Waals surface area contributed by atoms with Crippen LogP contribution in [0.15, 0.2) is 18.5 Å². The van der Waals surface area contributed by atoms with E-state index in [1.807, 2.05) is 0 Å². The van der Waals surface area contributed by atoms with Crippen LogP contribution in [0.25, 0.3) is 5.95 Å². The number of nitrogens with two attached hydrogens (primary N) is 1. The molecule has 0 amide bonds. The van der Waals surface area contributed by atoms with E-state index in [-0.39, 0.29) is 18.1 Å². The van der Waals surface area contributed by atoms with Crippen molar-refractivity contribution >= 4 is 11.9 Å². The first-order valence-corrected chi connectivity index (χ1v) is 6.36. The Hall–Kier alpha value is -2.26. The first-order chi connectivity index (χ1) is 9.74. The van der Waals surface area contributed by atoms with Crippen LogP contribution in [0.3, 0.4) is 0 Å². The summed E-state index contributed by atoms with van der Waals surface area (Å²) in [6.45, 7) is 0.0428. The molecule has 20 heavy (non-hydrogen) atoms. The van der Waals surface area contributed by atoms with Crippen LogP contribution in [-0.2, 0) is 0 Å². The van der Waals surface area contributed by atoms with Crippen molar-refractivity contribution in [2.24, 2.45) is 5.84 Å². The molecular weight excluding hydrogens is 260 g/mol. The quantitative estimate of drug-likeness (QED) is 0.432. The SMILES string of the molecule is NNc1nc(NC2(CO)CCC2)nc(-n2cccn2)n1. The van der Waals surface area contributed by atoms with Gasteiger partial charge in [0.1, 0.15) is 0 Å². The number of rotatable bonds is 5. The third kappa shape index (κ3) is 2.28. The highest BCUT2D eigenvalue weighted by molar-refractivity contribution is 5.39. The van der Waals surface area contributed by atoms with Gasteiger partial charge in [-0.2, -0.15) is 20.1 Å². The molecule has 0 saturated heterocycles. The fourth-order valence-electron chi connectivity index (χ4n) is 2.14. The molecule has 1 aliphatic rings. The van der Waals surface area contributed by atoms with E-state index in [0.29, 0.717) is 11.9 Å². The van der Waals surface area contributed by atoms with Crippen LogP contribution in [-0.4, -0.2) is 42.0 Å². The van der Waals surface area contributed by atoms with Crippen molar-refractivity contribution in [2.45, 2.75) is 24.8 Å². The molecular formula is C11H16N8O. The lowest BCUT2D eigenvalue weighted by Gasteiger charge is -2.40. The van der Waals surface area contributed by atoms with Crippen LogP contribution in [0.2, 0.25) is 0 Å². The van der Waals surface area contributed by atoms with Crippen molar-refractivity contribution in [1.82, 2.24) is 24.7 Å². The van der Waals surface area contributed by atoms with Gasteiger partial charge in [-0.25, -0.2) is 10.5 Å². The lowest BCUT2D eigenvalue weighted by Crippen LogP contribution is -2.48. The molecule has 0 radical (unpaired) electrons. The third-order valence-corrected chi connectivity index (χ3v) is 3.45. The molecule has 2 heterocycles. The fourth-order valence-corrected chi connectivity index (χ4v) is 2.14. The smallest absolute Gasteiger partial charge is 0.257 e. The summed E-state index contributed by atoms with van der Waals surface area (Å²) in [6.07, 6.45) is 6.21. The van der Waals surface area contributed by atoms with Gasteiger partial charge in [-0.05, 0) is 25.3 Å². The Bertz CT molecular complexity index is 575. The molecule has 2 aromatic heterocycles. The summed E-state index contributed by atoms with van der Waals surface area (Å²) in [5.41, 5.74) is 2.06. The second-order valence-corrected chi connectivity index (χ2v) is 4.79. The highest BCUT2D eigenvalue weighted by Crippen LogP contribution is 2.34. The number of aliphatic hydroxyl groups excluding tert-OH is 1. The van der Waals surface area contributed by atoms with Crippen molar-refractivity contribution in [1.29, 1.82) is 0 Å². The molecule has 5 N–H and O–H groups in total. The van der Waals surface area contributed by atoms with Gasteiger partial charge in [0.15, 0.2) is 0 Å². The minimum atomic E-state index is -0.339. The number of aliphatic hydroxyl groups is 1. The van der Waals surface area contributed by atoms with E-state index >= 15 is 0 Å². The summed E-state index contributed by atoms with van der Waals surface area (Å²) in [6, 6.07) is 1.77. The van der Waals surface area contributed by atoms with Crippen molar-refractivity contribution in [2.75, 3.05) is 17.3 Å². The van der Waals surface area contributed by atoms with Crippen LogP contribution < -0.4 is 16.6 Å². The zero-order chi connectivity index (χ0) is 14.0. The van der Waals surface area contributed by atoms with E-state index < -0.39 is 0 Å². The zero-order valence-corrected chi connectivity index (χ0v) is 10.8. The average Bonchev–Trinajstić information content (AvgIpc) is 2.96. The monoisotopic (exact) mass is 276 g/mol. The van der Waals surface area contributed by atoms with E-state index in [9.17, 15) is 5.11 Å². The highest BCUT2D eigenvalue weighted by Gasteiger charge is 2.37. The number of hydrogen-bond donors (Lipinski definition) is 4.